The van der Waals surface area contributed by atoms with Gasteiger partial charge in [-0.3, -0.25) is 4.79 Å². The minimum Gasteiger partial charge on any atom is -0.472 e. The van der Waals surface area contributed by atoms with Crippen LogP contribution in [0.4, 0.5) is 0 Å². The third-order valence-electron chi connectivity index (χ3n) is 5.48. The summed E-state index contributed by atoms with van der Waals surface area (Å²) in [5, 5.41) is 0. The third kappa shape index (κ3) is 3.17. The van der Waals surface area contributed by atoms with E-state index in [1.165, 1.54) is 19.1 Å². The van der Waals surface area contributed by atoms with Gasteiger partial charge in [0.1, 0.15) is 6.26 Å². The van der Waals surface area contributed by atoms with Gasteiger partial charge >= 0.3 is 0 Å². The number of furan rings is 1. The lowest BCUT2D eigenvalue weighted by molar-refractivity contribution is -0.147. The van der Waals surface area contributed by atoms with Crippen LogP contribution in [-0.2, 0) is 9.47 Å². The molecule has 3 aliphatic rings. The molecule has 3 heterocycles. The number of amides is 1. The molecular formula is C18H25NO4. The molecule has 3 fully saturated rings. The van der Waals surface area contributed by atoms with Crippen LogP contribution in [0.2, 0.25) is 0 Å². The lowest BCUT2D eigenvalue weighted by atomic mass is 9.73. The van der Waals surface area contributed by atoms with Gasteiger partial charge in [0.05, 0.1) is 24.5 Å². The maximum absolute atomic E-state index is 12.7. The molecule has 2 saturated heterocycles. The predicted molar refractivity (Wildman–Crippen MR) is 84.2 cm³/mol. The summed E-state index contributed by atoms with van der Waals surface area (Å²) in [7, 11) is 0. The summed E-state index contributed by atoms with van der Waals surface area (Å²) in [6, 6.07) is 1.74. The van der Waals surface area contributed by atoms with Gasteiger partial charge in [-0.05, 0) is 44.1 Å². The monoisotopic (exact) mass is 319 g/mol. The summed E-state index contributed by atoms with van der Waals surface area (Å²) in [4.78, 5) is 14.6. The largest absolute Gasteiger partial charge is 0.472 e. The second-order valence-electron chi connectivity index (χ2n) is 7.31. The summed E-state index contributed by atoms with van der Waals surface area (Å²) in [5.74, 6) is 0.825. The van der Waals surface area contributed by atoms with Gasteiger partial charge in [-0.2, -0.15) is 0 Å². The van der Waals surface area contributed by atoms with Crippen molar-refractivity contribution in [1.82, 2.24) is 4.90 Å². The zero-order valence-electron chi connectivity index (χ0n) is 13.5. The Labute approximate surface area is 136 Å². The maximum atomic E-state index is 12.7. The van der Waals surface area contributed by atoms with Gasteiger partial charge in [0, 0.05) is 31.7 Å². The topological polar surface area (TPSA) is 51.9 Å². The van der Waals surface area contributed by atoms with Crippen molar-refractivity contribution in [3.8, 4) is 0 Å². The van der Waals surface area contributed by atoms with Crippen LogP contribution in [0.1, 0.15) is 42.5 Å². The number of nitrogens with zero attached hydrogens (tertiary/aromatic N) is 1. The molecule has 1 aliphatic carbocycles. The Morgan fingerprint density at radius 3 is 3.09 bits per heavy atom. The van der Waals surface area contributed by atoms with Crippen molar-refractivity contribution in [3.63, 3.8) is 0 Å². The standard InChI is InChI=1S/C18H25NO4/c20-17(15-5-9-21-11-15)19-7-4-16-18(12-19,6-1-8-23-16)13-22-10-14-2-3-14/h5,9,11,14,16H,1-4,6-8,10,12-13H2/t16-,18-/m0/s1. The van der Waals surface area contributed by atoms with Gasteiger partial charge in [-0.15, -0.1) is 0 Å². The smallest absolute Gasteiger partial charge is 0.257 e. The average Bonchev–Trinajstić information content (AvgIpc) is 3.24. The molecule has 0 bridgehead atoms. The number of hydrogen-bond acceptors (Lipinski definition) is 4. The Morgan fingerprint density at radius 2 is 2.30 bits per heavy atom. The minimum atomic E-state index is -0.0369. The van der Waals surface area contributed by atoms with E-state index in [4.69, 9.17) is 13.9 Å². The van der Waals surface area contributed by atoms with Crippen LogP contribution >= 0.6 is 0 Å². The SMILES string of the molecule is O=C(c1ccoc1)N1CC[C@@H]2OCCC[C@@]2(COCC2CC2)C1. The van der Waals surface area contributed by atoms with Crippen molar-refractivity contribution >= 4 is 5.91 Å². The summed E-state index contributed by atoms with van der Waals surface area (Å²) in [6.45, 7) is 3.89. The van der Waals surface area contributed by atoms with Gasteiger partial charge in [0.15, 0.2) is 0 Å². The van der Waals surface area contributed by atoms with E-state index in [2.05, 4.69) is 0 Å². The number of likely N-dealkylation sites (tertiary alicyclic amines) is 1. The fourth-order valence-electron chi connectivity index (χ4n) is 3.96. The van der Waals surface area contributed by atoms with Gasteiger partial charge in [0.25, 0.3) is 5.91 Å². The Bertz CT molecular complexity index is 539. The van der Waals surface area contributed by atoms with E-state index >= 15 is 0 Å². The van der Waals surface area contributed by atoms with E-state index in [0.717, 1.165) is 51.5 Å². The molecule has 2 atom stereocenters. The van der Waals surface area contributed by atoms with Gasteiger partial charge in [-0.25, -0.2) is 0 Å². The first-order valence-electron chi connectivity index (χ1n) is 8.78. The number of hydrogen-bond donors (Lipinski definition) is 0. The molecule has 2 aliphatic heterocycles. The highest BCUT2D eigenvalue weighted by Gasteiger charge is 2.47. The van der Waals surface area contributed by atoms with E-state index in [-0.39, 0.29) is 17.4 Å². The van der Waals surface area contributed by atoms with E-state index in [9.17, 15) is 4.79 Å². The van der Waals surface area contributed by atoms with Crippen molar-refractivity contribution in [2.24, 2.45) is 11.3 Å². The van der Waals surface area contributed by atoms with Crippen molar-refractivity contribution in [1.29, 1.82) is 0 Å². The molecular weight excluding hydrogens is 294 g/mol. The molecule has 5 nitrogen and oxygen atoms in total. The van der Waals surface area contributed by atoms with E-state index < -0.39 is 0 Å². The molecule has 126 valence electrons. The highest BCUT2D eigenvalue weighted by atomic mass is 16.5. The summed E-state index contributed by atoms with van der Waals surface area (Å²) in [6.07, 6.45) is 8.95. The molecule has 0 unspecified atom stereocenters. The highest BCUT2D eigenvalue weighted by molar-refractivity contribution is 5.93. The second kappa shape index (κ2) is 6.29. The average molecular weight is 319 g/mol. The Hall–Kier alpha value is -1.33. The first-order chi connectivity index (χ1) is 11.3. The number of ether oxygens (including phenoxy) is 2. The molecule has 0 aromatic carbocycles. The van der Waals surface area contributed by atoms with Crippen LogP contribution in [0.15, 0.2) is 23.0 Å². The highest BCUT2D eigenvalue weighted by Crippen LogP contribution is 2.41. The van der Waals surface area contributed by atoms with Crippen molar-refractivity contribution < 1.29 is 18.7 Å². The van der Waals surface area contributed by atoms with Crippen molar-refractivity contribution in [2.75, 3.05) is 32.9 Å². The molecule has 1 amide bonds. The first-order valence-corrected chi connectivity index (χ1v) is 8.78. The zero-order valence-corrected chi connectivity index (χ0v) is 13.5. The van der Waals surface area contributed by atoms with Gasteiger partial charge in [0.2, 0.25) is 0 Å². The van der Waals surface area contributed by atoms with Crippen LogP contribution in [0.25, 0.3) is 0 Å². The quantitative estimate of drug-likeness (QED) is 0.837. The van der Waals surface area contributed by atoms with E-state index in [1.54, 1.807) is 12.3 Å². The van der Waals surface area contributed by atoms with Gasteiger partial charge < -0.3 is 18.8 Å². The fraction of sp³-hybridized carbons (Fsp3) is 0.722. The molecule has 1 saturated carbocycles. The molecule has 0 N–H and O–H groups in total. The first kappa shape index (κ1) is 15.2. The Balaban J connectivity index is 1.46. The predicted octanol–water partition coefficient (Wildman–Crippen LogP) is 2.72. The summed E-state index contributed by atoms with van der Waals surface area (Å²) in [5.41, 5.74) is 0.597. The molecule has 5 heteroatoms. The number of piperidine rings is 1. The number of fused-ring (bicyclic) bond motifs is 1. The van der Waals surface area contributed by atoms with Crippen LogP contribution in [0.3, 0.4) is 0 Å². The summed E-state index contributed by atoms with van der Waals surface area (Å²) >= 11 is 0. The molecule has 0 radical (unpaired) electrons. The zero-order chi connectivity index (χ0) is 15.7. The number of carbonyl (C=O) groups excluding carboxylic acids is 1. The molecule has 4 rings (SSSR count). The van der Waals surface area contributed by atoms with Crippen molar-refractivity contribution in [3.05, 3.63) is 24.2 Å². The van der Waals surface area contributed by atoms with Crippen LogP contribution in [0, 0.1) is 11.3 Å². The molecule has 1 aromatic heterocycles. The second-order valence-corrected chi connectivity index (χ2v) is 7.31. The fourth-order valence-corrected chi connectivity index (χ4v) is 3.96. The maximum Gasteiger partial charge on any atom is 0.257 e. The van der Waals surface area contributed by atoms with E-state index in [1.807, 2.05) is 4.90 Å². The van der Waals surface area contributed by atoms with E-state index in [0.29, 0.717) is 12.2 Å². The lowest BCUT2D eigenvalue weighted by Crippen LogP contribution is -2.58. The summed E-state index contributed by atoms with van der Waals surface area (Å²) < 4.78 is 17.1. The third-order valence-corrected chi connectivity index (χ3v) is 5.48. The van der Waals surface area contributed by atoms with Gasteiger partial charge in [-0.1, -0.05) is 0 Å². The van der Waals surface area contributed by atoms with Crippen LogP contribution < -0.4 is 0 Å². The lowest BCUT2D eigenvalue weighted by Gasteiger charge is -2.50. The van der Waals surface area contributed by atoms with Crippen molar-refractivity contribution in [2.45, 2.75) is 38.2 Å². The number of carbonyl (C=O) groups is 1. The normalized spacial score (nSPS) is 31.0. The van der Waals surface area contributed by atoms with Crippen LogP contribution in [0.5, 0.6) is 0 Å². The Kier molecular flexibility index (Phi) is 4.16. The minimum absolute atomic E-state index is 0.0369. The van der Waals surface area contributed by atoms with Crippen LogP contribution in [-0.4, -0.2) is 49.8 Å². The molecule has 1 aromatic rings. The Morgan fingerprint density at radius 1 is 1.39 bits per heavy atom. The number of rotatable bonds is 5. The molecule has 0 spiro atoms. The molecule has 23 heavy (non-hydrogen) atoms.